The monoisotopic (exact) mass is 344 g/mol. The van der Waals surface area contributed by atoms with E-state index in [1.165, 1.54) is 5.56 Å². The van der Waals surface area contributed by atoms with Crippen molar-refractivity contribution in [2.75, 3.05) is 4.72 Å². The molecule has 2 aromatic rings. The number of anilines is 1. The molecule has 1 N–H and O–H groups in total. The fourth-order valence-electron chi connectivity index (χ4n) is 1.92. The maximum Gasteiger partial charge on any atom is 0.273 e. The van der Waals surface area contributed by atoms with Crippen molar-refractivity contribution in [1.82, 2.24) is 4.98 Å². The van der Waals surface area contributed by atoms with Crippen molar-refractivity contribution in [3.05, 3.63) is 40.0 Å². The molecule has 114 valence electrons. The van der Waals surface area contributed by atoms with Crippen LogP contribution in [0.2, 0.25) is 4.47 Å². The molecular weight excluding hydrogens is 328 g/mol. The third-order valence-corrected chi connectivity index (χ3v) is 6.57. The molecular formula is C14H17ClN2O2S2. The highest BCUT2D eigenvalue weighted by Crippen LogP contribution is 2.29. The van der Waals surface area contributed by atoms with Gasteiger partial charge in [0.05, 0.1) is 5.69 Å². The summed E-state index contributed by atoms with van der Waals surface area (Å²) in [6, 6.07) is 7.44. The highest BCUT2D eigenvalue weighted by molar-refractivity contribution is 7.94. The van der Waals surface area contributed by atoms with Gasteiger partial charge < -0.3 is 0 Å². The molecule has 0 fully saturated rings. The number of hydrogen-bond donors (Lipinski definition) is 1. The number of benzene rings is 1. The molecule has 0 bridgehead atoms. The van der Waals surface area contributed by atoms with E-state index in [9.17, 15) is 8.42 Å². The zero-order valence-electron chi connectivity index (χ0n) is 12.1. The van der Waals surface area contributed by atoms with Crippen LogP contribution in [0.1, 0.15) is 37.4 Å². The van der Waals surface area contributed by atoms with Crippen molar-refractivity contribution in [1.29, 1.82) is 0 Å². The van der Waals surface area contributed by atoms with E-state index in [1.54, 1.807) is 19.1 Å². The Hall–Kier alpha value is -1.11. The molecule has 1 unspecified atom stereocenters. The SMILES string of the molecule is CCC(C)c1ccc(NS(=O)(=O)c2sc(Cl)nc2C)cc1. The highest BCUT2D eigenvalue weighted by atomic mass is 35.5. The molecule has 0 aliphatic carbocycles. The fraction of sp³-hybridized carbons (Fsp3) is 0.357. The largest absolute Gasteiger partial charge is 0.279 e. The Labute approximate surface area is 134 Å². The molecule has 2 rings (SSSR count). The maximum atomic E-state index is 12.3. The summed E-state index contributed by atoms with van der Waals surface area (Å²) in [5, 5.41) is 0. The molecule has 1 aromatic heterocycles. The van der Waals surface area contributed by atoms with E-state index < -0.39 is 10.0 Å². The molecule has 0 aliphatic rings. The molecule has 0 saturated carbocycles. The van der Waals surface area contributed by atoms with Crippen molar-refractivity contribution >= 4 is 38.6 Å². The summed E-state index contributed by atoms with van der Waals surface area (Å²) in [7, 11) is -3.64. The van der Waals surface area contributed by atoms with Crippen molar-refractivity contribution < 1.29 is 8.42 Å². The summed E-state index contributed by atoms with van der Waals surface area (Å²) in [6.45, 7) is 5.89. The van der Waals surface area contributed by atoms with Gasteiger partial charge in [-0.3, -0.25) is 4.72 Å². The van der Waals surface area contributed by atoms with E-state index >= 15 is 0 Å². The minimum absolute atomic E-state index is 0.151. The van der Waals surface area contributed by atoms with E-state index in [0.717, 1.165) is 17.8 Å². The molecule has 0 saturated heterocycles. The average molecular weight is 345 g/mol. The third kappa shape index (κ3) is 3.75. The molecule has 0 spiro atoms. The van der Waals surface area contributed by atoms with Gasteiger partial charge in [-0.2, -0.15) is 0 Å². The van der Waals surface area contributed by atoms with Gasteiger partial charge in [0, 0.05) is 5.69 Å². The lowest BCUT2D eigenvalue weighted by Crippen LogP contribution is -2.12. The molecule has 0 aliphatic heterocycles. The van der Waals surface area contributed by atoms with Crippen molar-refractivity contribution in [2.45, 2.75) is 37.3 Å². The first-order valence-electron chi connectivity index (χ1n) is 6.59. The van der Waals surface area contributed by atoms with Crippen LogP contribution < -0.4 is 4.72 Å². The Bertz CT molecular complexity index is 724. The normalized spacial score (nSPS) is 13.1. The minimum atomic E-state index is -3.64. The lowest BCUT2D eigenvalue weighted by atomic mass is 9.99. The maximum absolute atomic E-state index is 12.3. The number of hydrogen-bond acceptors (Lipinski definition) is 4. The van der Waals surface area contributed by atoms with Crippen LogP contribution in [-0.4, -0.2) is 13.4 Å². The molecule has 0 amide bonds. The number of sulfonamides is 1. The van der Waals surface area contributed by atoms with Crippen LogP contribution in [0.3, 0.4) is 0 Å². The van der Waals surface area contributed by atoms with Crippen LogP contribution in [0.5, 0.6) is 0 Å². The van der Waals surface area contributed by atoms with Crippen molar-refractivity contribution in [3.8, 4) is 0 Å². The van der Waals surface area contributed by atoms with Gasteiger partial charge in [0.15, 0.2) is 8.68 Å². The number of thiazole rings is 1. The molecule has 21 heavy (non-hydrogen) atoms. The van der Waals surface area contributed by atoms with Gasteiger partial charge in [-0.1, -0.05) is 48.9 Å². The number of halogens is 1. The van der Waals surface area contributed by atoms with Gasteiger partial charge in [0.25, 0.3) is 10.0 Å². The van der Waals surface area contributed by atoms with Gasteiger partial charge in [-0.05, 0) is 37.0 Å². The molecule has 0 radical (unpaired) electrons. The lowest BCUT2D eigenvalue weighted by molar-refractivity contribution is 0.602. The molecule has 7 heteroatoms. The van der Waals surface area contributed by atoms with Gasteiger partial charge in [-0.25, -0.2) is 13.4 Å². The Morgan fingerprint density at radius 2 is 1.95 bits per heavy atom. The van der Waals surface area contributed by atoms with Gasteiger partial charge in [0.1, 0.15) is 0 Å². The Kier molecular flexibility index (Phi) is 4.91. The third-order valence-electron chi connectivity index (χ3n) is 3.32. The van der Waals surface area contributed by atoms with Gasteiger partial charge >= 0.3 is 0 Å². The Morgan fingerprint density at radius 1 is 1.33 bits per heavy atom. The summed E-state index contributed by atoms with van der Waals surface area (Å²) in [5.41, 5.74) is 2.14. The lowest BCUT2D eigenvalue weighted by Gasteiger charge is -2.11. The Morgan fingerprint density at radius 3 is 2.43 bits per heavy atom. The molecule has 4 nitrogen and oxygen atoms in total. The van der Waals surface area contributed by atoms with E-state index in [2.05, 4.69) is 23.6 Å². The predicted molar refractivity (Wildman–Crippen MR) is 87.8 cm³/mol. The second kappa shape index (κ2) is 6.34. The summed E-state index contributed by atoms with van der Waals surface area (Å²) in [5.74, 6) is 0.457. The van der Waals surface area contributed by atoms with Crippen LogP contribution in [0, 0.1) is 6.92 Å². The van der Waals surface area contributed by atoms with E-state index in [1.807, 2.05) is 12.1 Å². The molecule has 1 atom stereocenters. The number of rotatable bonds is 5. The van der Waals surface area contributed by atoms with E-state index in [0.29, 0.717) is 17.3 Å². The van der Waals surface area contributed by atoms with Gasteiger partial charge in [0.2, 0.25) is 0 Å². The summed E-state index contributed by atoms with van der Waals surface area (Å²) >= 11 is 6.72. The average Bonchev–Trinajstić information content (AvgIpc) is 2.78. The summed E-state index contributed by atoms with van der Waals surface area (Å²) in [4.78, 5) is 3.93. The van der Waals surface area contributed by atoms with E-state index in [-0.39, 0.29) is 8.68 Å². The second-order valence-electron chi connectivity index (χ2n) is 4.88. The predicted octanol–water partition coefficient (Wildman–Crippen LogP) is 4.42. The quantitative estimate of drug-likeness (QED) is 0.873. The number of aryl methyl sites for hydroxylation is 1. The van der Waals surface area contributed by atoms with Crippen LogP contribution in [0.4, 0.5) is 5.69 Å². The smallest absolute Gasteiger partial charge is 0.273 e. The topological polar surface area (TPSA) is 59.1 Å². The fourth-order valence-corrected chi connectivity index (χ4v) is 4.72. The zero-order valence-corrected chi connectivity index (χ0v) is 14.4. The second-order valence-corrected chi connectivity index (χ2v) is 8.34. The first kappa shape index (κ1) is 16.3. The van der Waals surface area contributed by atoms with E-state index in [4.69, 9.17) is 11.6 Å². The molecule has 1 aromatic carbocycles. The van der Waals surface area contributed by atoms with Crippen LogP contribution >= 0.6 is 22.9 Å². The highest BCUT2D eigenvalue weighted by Gasteiger charge is 2.21. The van der Waals surface area contributed by atoms with Crippen molar-refractivity contribution in [3.63, 3.8) is 0 Å². The van der Waals surface area contributed by atoms with Crippen molar-refractivity contribution in [2.24, 2.45) is 0 Å². The summed E-state index contributed by atoms with van der Waals surface area (Å²) in [6.07, 6.45) is 1.05. The molecule has 1 heterocycles. The number of aromatic nitrogens is 1. The minimum Gasteiger partial charge on any atom is -0.279 e. The summed E-state index contributed by atoms with van der Waals surface area (Å²) < 4.78 is 27.6. The van der Waals surface area contributed by atoms with Crippen LogP contribution in [0.15, 0.2) is 28.5 Å². The number of nitrogens with one attached hydrogen (secondary N) is 1. The number of nitrogens with zero attached hydrogens (tertiary/aromatic N) is 1. The van der Waals surface area contributed by atoms with Crippen LogP contribution in [-0.2, 0) is 10.0 Å². The zero-order chi connectivity index (χ0) is 15.6. The first-order chi connectivity index (χ1) is 9.83. The first-order valence-corrected chi connectivity index (χ1v) is 9.27. The van der Waals surface area contributed by atoms with Crippen LogP contribution in [0.25, 0.3) is 0 Å². The Balaban J connectivity index is 2.23. The standard InChI is InChI=1S/C14H17ClN2O2S2/c1-4-9(2)11-5-7-12(8-6-11)17-21(18,19)13-10(3)16-14(15)20-13/h5-9,17H,4H2,1-3H3. The van der Waals surface area contributed by atoms with Gasteiger partial charge in [-0.15, -0.1) is 0 Å².